The number of nitrogens with one attached hydrogen (secondary N) is 1. The van der Waals surface area contributed by atoms with E-state index in [1.165, 1.54) is 0 Å². The van der Waals surface area contributed by atoms with Crippen molar-refractivity contribution in [3.8, 4) is 11.5 Å². The van der Waals surface area contributed by atoms with Gasteiger partial charge in [-0.05, 0) is 49.6 Å². The fraction of sp³-hybridized carbons (Fsp3) is 0.350. The summed E-state index contributed by atoms with van der Waals surface area (Å²) < 4.78 is 10.6. The van der Waals surface area contributed by atoms with Gasteiger partial charge in [0.1, 0.15) is 0 Å². The molecule has 0 fully saturated rings. The van der Waals surface area contributed by atoms with Crippen LogP contribution in [0.5, 0.6) is 11.5 Å². The van der Waals surface area contributed by atoms with E-state index in [-0.39, 0.29) is 11.9 Å². The van der Waals surface area contributed by atoms with E-state index < -0.39 is 0 Å². The zero-order chi connectivity index (χ0) is 17.7. The second kappa shape index (κ2) is 7.86. The van der Waals surface area contributed by atoms with Crippen molar-refractivity contribution in [2.45, 2.75) is 33.2 Å². The molecule has 0 bridgehead atoms. The molecule has 0 aromatic heterocycles. The highest BCUT2D eigenvalue weighted by molar-refractivity contribution is 5.79. The average molecular weight is 327 g/mol. The van der Waals surface area contributed by atoms with Crippen LogP contribution in [0, 0.1) is 13.8 Å². The first kappa shape index (κ1) is 17.9. The minimum atomic E-state index is -0.109. The molecule has 128 valence electrons. The first-order valence-electron chi connectivity index (χ1n) is 8.02. The Morgan fingerprint density at radius 3 is 2.42 bits per heavy atom. The van der Waals surface area contributed by atoms with Crippen molar-refractivity contribution in [2.24, 2.45) is 0 Å². The lowest BCUT2D eigenvalue weighted by Crippen LogP contribution is -2.28. The van der Waals surface area contributed by atoms with Gasteiger partial charge in [-0.3, -0.25) is 4.79 Å². The van der Waals surface area contributed by atoms with Crippen LogP contribution in [0.3, 0.4) is 0 Å². The van der Waals surface area contributed by atoms with E-state index in [2.05, 4.69) is 23.5 Å². The zero-order valence-corrected chi connectivity index (χ0v) is 15.0. The van der Waals surface area contributed by atoms with E-state index >= 15 is 0 Å². The van der Waals surface area contributed by atoms with Crippen LogP contribution in [0.2, 0.25) is 0 Å². The SMILES string of the molecule is COc1ccc([C@@H](C)NC(=O)Cc2cc(C)ccc2C)cc1OC. The lowest BCUT2D eigenvalue weighted by atomic mass is 10.0. The van der Waals surface area contributed by atoms with Gasteiger partial charge in [0.2, 0.25) is 5.91 Å². The zero-order valence-electron chi connectivity index (χ0n) is 15.0. The molecule has 2 aromatic rings. The second-order valence-corrected chi connectivity index (χ2v) is 6.01. The van der Waals surface area contributed by atoms with Crippen molar-refractivity contribution in [1.82, 2.24) is 5.32 Å². The Kier molecular flexibility index (Phi) is 5.85. The Morgan fingerprint density at radius 1 is 1.04 bits per heavy atom. The van der Waals surface area contributed by atoms with E-state index in [0.29, 0.717) is 17.9 Å². The summed E-state index contributed by atoms with van der Waals surface area (Å²) in [7, 11) is 3.21. The van der Waals surface area contributed by atoms with Crippen LogP contribution < -0.4 is 14.8 Å². The largest absolute Gasteiger partial charge is 0.493 e. The molecule has 2 aromatic carbocycles. The lowest BCUT2D eigenvalue weighted by molar-refractivity contribution is -0.121. The molecule has 0 radical (unpaired) electrons. The Balaban J connectivity index is 2.07. The molecule has 0 aliphatic rings. The summed E-state index contributed by atoms with van der Waals surface area (Å²) >= 11 is 0. The maximum Gasteiger partial charge on any atom is 0.224 e. The van der Waals surface area contributed by atoms with E-state index in [1.807, 2.05) is 39.0 Å². The quantitative estimate of drug-likeness (QED) is 0.879. The molecule has 0 saturated heterocycles. The number of methoxy groups -OCH3 is 2. The highest BCUT2D eigenvalue weighted by Gasteiger charge is 2.14. The molecule has 1 atom stereocenters. The molecule has 1 amide bonds. The van der Waals surface area contributed by atoms with Crippen LogP contribution >= 0.6 is 0 Å². The number of aryl methyl sites for hydroxylation is 2. The molecular formula is C20H25NO3. The molecule has 0 heterocycles. The van der Waals surface area contributed by atoms with Gasteiger partial charge >= 0.3 is 0 Å². The molecule has 4 heteroatoms. The monoisotopic (exact) mass is 327 g/mol. The first-order chi connectivity index (χ1) is 11.4. The first-order valence-corrected chi connectivity index (χ1v) is 8.02. The van der Waals surface area contributed by atoms with Gasteiger partial charge in [-0.15, -0.1) is 0 Å². The fourth-order valence-electron chi connectivity index (χ4n) is 2.66. The third-order valence-electron chi connectivity index (χ3n) is 4.14. The number of carbonyl (C=O) groups is 1. The van der Waals surface area contributed by atoms with Crippen molar-refractivity contribution in [2.75, 3.05) is 14.2 Å². The molecule has 24 heavy (non-hydrogen) atoms. The number of rotatable bonds is 6. The smallest absolute Gasteiger partial charge is 0.224 e. The predicted molar refractivity (Wildman–Crippen MR) is 95.7 cm³/mol. The summed E-state index contributed by atoms with van der Waals surface area (Å²) in [6, 6.07) is 11.7. The van der Waals surface area contributed by atoms with E-state index in [9.17, 15) is 4.79 Å². The van der Waals surface area contributed by atoms with E-state index in [0.717, 1.165) is 22.3 Å². The van der Waals surface area contributed by atoms with Gasteiger partial charge in [-0.25, -0.2) is 0 Å². The number of benzene rings is 2. The van der Waals surface area contributed by atoms with Crippen molar-refractivity contribution in [3.63, 3.8) is 0 Å². The maximum atomic E-state index is 12.4. The molecule has 0 aliphatic heterocycles. The van der Waals surface area contributed by atoms with Gasteiger partial charge in [0.15, 0.2) is 11.5 Å². The van der Waals surface area contributed by atoms with Gasteiger partial charge in [0.25, 0.3) is 0 Å². The van der Waals surface area contributed by atoms with Crippen LogP contribution in [-0.4, -0.2) is 20.1 Å². The van der Waals surface area contributed by atoms with Gasteiger partial charge in [0.05, 0.1) is 26.7 Å². The molecule has 0 aliphatic carbocycles. The topological polar surface area (TPSA) is 47.6 Å². The number of ether oxygens (including phenoxy) is 2. The van der Waals surface area contributed by atoms with E-state index in [4.69, 9.17) is 9.47 Å². The third-order valence-corrected chi connectivity index (χ3v) is 4.14. The van der Waals surface area contributed by atoms with Crippen molar-refractivity contribution in [1.29, 1.82) is 0 Å². The summed E-state index contributed by atoms with van der Waals surface area (Å²) in [6.45, 7) is 6.02. The molecule has 0 spiro atoms. The van der Waals surface area contributed by atoms with Crippen LogP contribution in [0.4, 0.5) is 0 Å². The predicted octanol–water partition coefficient (Wildman–Crippen LogP) is 3.74. The van der Waals surface area contributed by atoms with Crippen LogP contribution in [0.25, 0.3) is 0 Å². The Morgan fingerprint density at radius 2 is 1.75 bits per heavy atom. The summed E-state index contributed by atoms with van der Waals surface area (Å²) in [5, 5.41) is 3.04. The van der Waals surface area contributed by atoms with Crippen LogP contribution in [0.1, 0.15) is 35.2 Å². The summed E-state index contributed by atoms with van der Waals surface area (Å²) in [5.41, 5.74) is 4.33. The highest BCUT2D eigenvalue weighted by atomic mass is 16.5. The van der Waals surface area contributed by atoms with Crippen molar-refractivity contribution in [3.05, 3.63) is 58.7 Å². The normalized spacial score (nSPS) is 11.7. The standard InChI is InChI=1S/C20H25NO3/c1-13-6-7-14(2)17(10-13)12-20(22)21-15(3)16-8-9-18(23-4)19(11-16)24-5/h6-11,15H,12H2,1-5H3,(H,21,22)/t15-/m1/s1. The van der Waals surface area contributed by atoms with Crippen molar-refractivity contribution >= 4 is 5.91 Å². The minimum absolute atomic E-state index is 0.00554. The summed E-state index contributed by atoms with van der Waals surface area (Å²) in [4.78, 5) is 12.4. The second-order valence-electron chi connectivity index (χ2n) is 6.01. The third kappa shape index (κ3) is 4.28. The Bertz CT molecular complexity index is 725. The van der Waals surface area contributed by atoms with Gasteiger partial charge in [-0.1, -0.05) is 29.8 Å². The number of carbonyl (C=O) groups excluding carboxylic acids is 1. The molecule has 0 unspecified atom stereocenters. The van der Waals surface area contributed by atoms with Crippen LogP contribution in [-0.2, 0) is 11.2 Å². The van der Waals surface area contributed by atoms with Crippen molar-refractivity contribution < 1.29 is 14.3 Å². The minimum Gasteiger partial charge on any atom is -0.493 e. The maximum absolute atomic E-state index is 12.4. The average Bonchev–Trinajstić information content (AvgIpc) is 2.57. The molecule has 2 rings (SSSR count). The van der Waals surface area contributed by atoms with Gasteiger partial charge in [-0.2, -0.15) is 0 Å². The van der Waals surface area contributed by atoms with E-state index in [1.54, 1.807) is 14.2 Å². The molecule has 4 nitrogen and oxygen atoms in total. The molecule has 1 N–H and O–H groups in total. The van der Waals surface area contributed by atoms with Gasteiger partial charge < -0.3 is 14.8 Å². The highest BCUT2D eigenvalue weighted by Crippen LogP contribution is 2.29. The number of amides is 1. The van der Waals surface area contributed by atoms with Crippen LogP contribution in [0.15, 0.2) is 36.4 Å². The molecular weight excluding hydrogens is 302 g/mol. The number of hydrogen-bond donors (Lipinski definition) is 1. The Labute approximate surface area is 143 Å². The number of hydrogen-bond acceptors (Lipinski definition) is 3. The van der Waals surface area contributed by atoms with Gasteiger partial charge in [0, 0.05) is 0 Å². The Hall–Kier alpha value is -2.49. The molecule has 0 saturated carbocycles. The lowest BCUT2D eigenvalue weighted by Gasteiger charge is -2.17. The fourth-order valence-corrected chi connectivity index (χ4v) is 2.66. The summed E-state index contributed by atoms with van der Waals surface area (Å²) in [6.07, 6.45) is 0.380. The summed E-state index contributed by atoms with van der Waals surface area (Å²) in [5.74, 6) is 1.34.